The van der Waals surface area contributed by atoms with Crippen LogP contribution in [0.3, 0.4) is 0 Å². The number of rotatable bonds is 7. The van der Waals surface area contributed by atoms with E-state index in [1.807, 2.05) is 30.4 Å². The van der Waals surface area contributed by atoms with Gasteiger partial charge in [-0.15, -0.1) is 0 Å². The van der Waals surface area contributed by atoms with E-state index in [0.29, 0.717) is 11.4 Å². The van der Waals surface area contributed by atoms with Gasteiger partial charge in [0.25, 0.3) is 11.4 Å². The zero-order chi connectivity index (χ0) is 17.9. The third kappa shape index (κ3) is 3.72. The molecule has 25 heavy (non-hydrogen) atoms. The van der Waals surface area contributed by atoms with Crippen LogP contribution in [0.15, 0.2) is 53.8 Å². The highest BCUT2D eigenvalue weighted by Crippen LogP contribution is 2.49. The van der Waals surface area contributed by atoms with Gasteiger partial charge in [0.2, 0.25) is 0 Å². The summed E-state index contributed by atoms with van der Waals surface area (Å²) in [6.07, 6.45) is 6.60. The summed E-state index contributed by atoms with van der Waals surface area (Å²) >= 11 is 0. The minimum Gasteiger partial charge on any atom is -0.357 e. The number of nitrogens with zero attached hydrogens (tertiary/aromatic N) is 1. The molecule has 1 atom stereocenters. The van der Waals surface area contributed by atoms with Crippen molar-refractivity contribution in [2.24, 2.45) is 0 Å². The Hall–Kier alpha value is -1.85. The van der Waals surface area contributed by atoms with Crippen molar-refractivity contribution in [3.8, 4) is 0 Å². The van der Waals surface area contributed by atoms with Crippen molar-refractivity contribution in [2.45, 2.75) is 20.0 Å². The van der Waals surface area contributed by atoms with Crippen molar-refractivity contribution in [2.75, 3.05) is 19.6 Å². The van der Waals surface area contributed by atoms with Crippen LogP contribution in [-0.4, -0.2) is 30.4 Å². The first-order valence-electron chi connectivity index (χ1n) is 8.24. The Kier molecular flexibility index (Phi) is 5.45. The predicted molar refractivity (Wildman–Crippen MR) is 95.5 cm³/mol. The first-order chi connectivity index (χ1) is 12.1. The summed E-state index contributed by atoms with van der Waals surface area (Å²) in [6.45, 7) is 4.05. The molecule has 1 aliphatic carbocycles. The fraction of sp³-hybridized carbons (Fsp3) is 0.333. The normalized spacial score (nSPS) is 19.1. The van der Waals surface area contributed by atoms with Crippen molar-refractivity contribution in [1.82, 2.24) is 0 Å². The van der Waals surface area contributed by atoms with E-state index in [4.69, 9.17) is 13.8 Å². The van der Waals surface area contributed by atoms with Crippen LogP contribution in [0.25, 0.3) is 6.08 Å². The van der Waals surface area contributed by atoms with Crippen molar-refractivity contribution in [3.05, 3.63) is 64.2 Å². The van der Waals surface area contributed by atoms with Gasteiger partial charge in [0.15, 0.2) is 0 Å². The van der Waals surface area contributed by atoms with E-state index < -0.39 is 13.7 Å². The zero-order valence-electron chi connectivity index (χ0n) is 14.3. The topological polar surface area (TPSA) is 64.8 Å². The number of para-hydroxylation sites is 1. The fourth-order valence-corrected chi connectivity index (χ4v) is 4.20. The standard InChI is InChI=1S/C18H21NO5P/c1-3-23-25(21,24-4-2)13-22-18-11-7-10-17-15(18)12-14-8-5-6-9-16(14)19(17)20/h5-12,18H,3-4,13H2,1-2H3/q+1. The molecule has 0 amide bonds. The molecule has 1 aliphatic heterocycles. The summed E-state index contributed by atoms with van der Waals surface area (Å²) in [7, 11) is -3.31. The lowest BCUT2D eigenvalue weighted by molar-refractivity contribution is -0.405. The molecule has 0 saturated heterocycles. The lowest BCUT2D eigenvalue weighted by atomic mass is 9.94. The van der Waals surface area contributed by atoms with Crippen LogP contribution < -0.4 is 0 Å². The minimum absolute atomic E-state index is 0.172. The molecule has 0 N–H and O–H groups in total. The van der Waals surface area contributed by atoms with Gasteiger partial charge >= 0.3 is 7.60 Å². The van der Waals surface area contributed by atoms with Crippen LogP contribution in [0.2, 0.25) is 0 Å². The van der Waals surface area contributed by atoms with E-state index in [1.165, 1.54) is 0 Å². The van der Waals surface area contributed by atoms with Crippen LogP contribution in [0.4, 0.5) is 5.69 Å². The Labute approximate surface area is 146 Å². The molecule has 2 aliphatic rings. The zero-order valence-corrected chi connectivity index (χ0v) is 15.1. The molecular formula is C18H21NO5P+. The van der Waals surface area contributed by atoms with Gasteiger partial charge in [-0.25, -0.2) is 0 Å². The molecule has 0 fully saturated rings. The Balaban J connectivity index is 1.84. The summed E-state index contributed by atoms with van der Waals surface area (Å²) in [5.41, 5.74) is 2.68. The number of hydrogen-bond acceptors (Lipinski definition) is 5. The van der Waals surface area contributed by atoms with Gasteiger partial charge in [0.1, 0.15) is 12.5 Å². The molecule has 132 valence electrons. The first-order valence-corrected chi connectivity index (χ1v) is 9.97. The Morgan fingerprint density at radius 1 is 1.16 bits per heavy atom. The molecule has 0 aromatic heterocycles. The summed E-state index contributed by atoms with van der Waals surface area (Å²) in [6, 6.07) is 7.37. The molecule has 0 bridgehead atoms. The number of hydrogen-bond donors (Lipinski definition) is 0. The van der Waals surface area contributed by atoms with E-state index in [1.54, 1.807) is 32.1 Å². The first kappa shape index (κ1) is 18.0. The summed E-state index contributed by atoms with van der Waals surface area (Å²) in [5.74, 6) is 0. The maximum Gasteiger partial charge on any atom is 0.356 e. The average Bonchev–Trinajstić information content (AvgIpc) is 2.61. The quantitative estimate of drug-likeness (QED) is 0.526. The molecule has 1 aromatic carbocycles. The lowest BCUT2D eigenvalue weighted by Crippen LogP contribution is -2.24. The number of allylic oxidation sites excluding steroid dienone is 2. The maximum atomic E-state index is 12.6. The Morgan fingerprint density at radius 3 is 2.60 bits per heavy atom. The highest BCUT2D eigenvalue weighted by molar-refractivity contribution is 7.53. The molecule has 1 unspecified atom stereocenters. The van der Waals surface area contributed by atoms with E-state index in [2.05, 4.69) is 0 Å². The molecule has 0 radical (unpaired) electrons. The second kappa shape index (κ2) is 7.58. The van der Waals surface area contributed by atoms with Crippen LogP contribution >= 0.6 is 7.60 Å². The van der Waals surface area contributed by atoms with Gasteiger partial charge in [0.05, 0.1) is 29.1 Å². The van der Waals surface area contributed by atoms with Gasteiger partial charge in [-0.2, -0.15) is 0 Å². The second-order valence-electron chi connectivity index (χ2n) is 5.55. The second-order valence-corrected chi connectivity index (χ2v) is 7.55. The van der Waals surface area contributed by atoms with Crippen molar-refractivity contribution in [1.29, 1.82) is 0 Å². The third-order valence-electron chi connectivity index (χ3n) is 3.89. The molecule has 1 heterocycles. The molecule has 1 aromatic rings. The van der Waals surface area contributed by atoms with Crippen LogP contribution in [0, 0.1) is 4.91 Å². The van der Waals surface area contributed by atoms with E-state index in [9.17, 15) is 9.47 Å². The number of nitroso groups, excluding NO2 is 1. The Morgan fingerprint density at radius 2 is 1.88 bits per heavy atom. The number of benzene rings is 1. The van der Waals surface area contributed by atoms with Crippen molar-refractivity contribution in [3.63, 3.8) is 0 Å². The number of ether oxygens (including phenoxy) is 1. The monoisotopic (exact) mass is 362 g/mol. The molecule has 0 saturated carbocycles. The van der Waals surface area contributed by atoms with E-state index >= 15 is 0 Å². The lowest BCUT2D eigenvalue weighted by Gasteiger charge is -2.23. The molecule has 7 heteroatoms. The Bertz CT molecular complexity index is 801. The van der Waals surface area contributed by atoms with Gasteiger partial charge in [-0.3, -0.25) is 4.57 Å². The molecule has 3 rings (SSSR count). The average molecular weight is 362 g/mol. The SMILES string of the molecule is CCOP(=O)(COC1C=CC=C2C1=Cc1ccccc1[N+]2=O)OCC. The van der Waals surface area contributed by atoms with Gasteiger partial charge < -0.3 is 13.8 Å². The van der Waals surface area contributed by atoms with Gasteiger partial charge in [0, 0.05) is 17.0 Å². The smallest absolute Gasteiger partial charge is 0.356 e. The summed E-state index contributed by atoms with van der Waals surface area (Å²) in [5, 5.41) is 0. The fourth-order valence-electron chi connectivity index (χ4n) is 2.85. The highest BCUT2D eigenvalue weighted by atomic mass is 31.2. The van der Waals surface area contributed by atoms with Crippen LogP contribution in [-0.2, 0) is 18.3 Å². The molecular weight excluding hydrogens is 341 g/mol. The van der Waals surface area contributed by atoms with E-state index in [0.717, 1.165) is 15.9 Å². The van der Waals surface area contributed by atoms with Crippen molar-refractivity contribution < 1.29 is 23.1 Å². The largest absolute Gasteiger partial charge is 0.357 e. The summed E-state index contributed by atoms with van der Waals surface area (Å²) < 4.78 is 29.8. The van der Waals surface area contributed by atoms with Crippen molar-refractivity contribution >= 4 is 19.4 Å². The highest BCUT2D eigenvalue weighted by Gasteiger charge is 2.38. The van der Waals surface area contributed by atoms with Crippen LogP contribution in [0.5, 0.6) is 0 Å². The van der Waals surface area contributed by atoms with E-state index in [-0.39, 0.29) is 19.6 Å². The summed E-state index contributed by atoms with van der Waals surface area (Å²) in [4.78, 5) is 12.6. The molecule has 0 spiro atoms. The minimum atomic E-state index is -3.31. The van der Waals surface area contributed by atoms with Crippen LogP contribution in [0.1, 0.15) is 19.4 Å². The van der Waals surface area contributed by atoms with Gasteiger partial charge in [-0.1, -0.05) is 24.3 Å². The third-order valence-corrected chi connectivity index (χ3v) is 5.66. The molecule has 6 nitrogen and oxygen atoms in total. The number of fused-ring (bicyclic) bond motifs is 2. The van der Waals surface area contributed by atoms with Gasteiger partial charge in [-0.05, 0) is 26.0 Å². The predicted octanol–water partition coefficient (Wildman–Crippen LogP) is 4.56. The maximum absolute atomic E-state index is 12.6.